The maximum Gasteiger partial charge on any atom is 0.260 e. The second-order valence-electron chi connectivity index (χ2n) is 6.71. The Kier molecular flexibility index (Phi) is 4.70. The molecular weight excluding hydrogens is 288 g/mol. The van der Waals surface area contributed by atoms with Crippen LogP contribution in [-0.2, 0) is 16.6 Å². The first-order valence-corrected chi connectivity index (χ1v) is 8.75. The summed E-state index contributed by atoms with van der Waals surface area (Å²) in [4.78, 5) is 3.97. The molecule has 0 unspecified atom stereocenters. The molecule has 2 heterocycles. The molecule has 1 aromatic heterocycles. The van der Waals surface area contributed by atoms with E-state index in [4.69, 9.17) is 5.11 Å². The van der Waals surface area contributed by atoms with Gasteiger partial charge < -0.3 is 5.11 Å². The van der Waals surface area contributed by atoms with E-state index in [2.05, 4.69) is 25.8 Å². The second-order valence-corrected chi connectivity index (χ2v) is 8.59. The van der Waals surface area contributed by atoms with Gasteiger partial charge in [-0.2, -0.15) is 4.31 Å². The molecule has 0 atom stereocenters. The van der Waals surface area contributed by atoms with Gasteiger partial charge in [-0.3, -0.25) is 0 Å². The second kappa shape index (κ2) is 6.02. The third kappa shape index (κ3) is 3.62. The number of piperidine rings is 1. The lowest BCUT2D eigenvalue weighted by Gasteiger charge is -2.38. The molecular formula is C15H24N2O3S. The molecule has 1 aliphatic heterocycles. The number of aliphatic hydroxyl groups is 1. The van der Waals surface area contributed by atoms with Gasteiger partial charge in [-0.25, -0.2) is 13.4 Å². The third-order valence-electron chi connectivity index (χ3n) is 4.26. The molecule has 0 saturated carbocycles. The molecule has 0 spiro atoms. The minimum atomic E-state index is -3.52. The predicted octanol–water partition coefficient (Wildman–Crippen LogP) is 2.02. The van der Waals surface area contributed by atoms with E-state index in [0.717, 1.165) is 12.8 Å². The maximum atomic E-state index is 12.5. The number of sulfonamides is 1. The molecule has 1 aromatic rings. The number of hydrogen-bond donors (Lipinski definition) is 1. The van der Waals surface area contributed by atoms with Gasteiger partial charge in [0.25, 0.3) is 10.0 Å². The minimum absolute atomic E-state index is 0.0638. The molecule has 1 N–H and O–H groups in total. The SMILES string of the molecule is CC(C)(C)C1CCN(S(=O)(=O)c2ccc(CO)cn2)CC1. The number of aliphatic hydroxyl groups excluding tert-OH is 1. The van der Waals surface area contributed by atoms with Gasteiger partial charge in [0.2, 0.25) is 0 Å². The fourth-order valence-electron chi connectivity index (χ4n) is 2.75. The van der Waals surface area contributed by atoms with Crippen molar-refractivity contribution in [1.29, 1.82) is 0 Å². The zero-order chi connectivity index (χ0) is 15.7. The van der Waals surface area contributed by atoms with Crippen LogP contribution in [0, 0.1) is 11.3 Å². The molecule has 1 fully saturated rings. The topological polar surface area (TPSA) is 70.5 Å². The zero-order valence-corrected chi connectivity index (χ0v) is 13.7. The molecule has 0 aromatic carbocycles. The Morgan fingerprint density at radius 3 is 2.33 bits per heavy atom. The Labute approximate surface area is 127 Å². The number of rotatable bonds is 3. The van der Waals surface area contributed by atoms with Crippen LogP contribution in [0.1, 0.15) is 39.2 Å². The highest BCUT2D eigenvalue weighted by molar-refractivity contribution is 7.89. The Balaban J connectivity index is 2.11. The summed E-state index contributed by atoms with van der Waals surface area (Å²) in [6.45, 7) is 7.58. The molecule has 5 nitrogen and oxygen atoms in total. The van der Waals surface area contributed by atoms with Gasteiger partial charge in [-0.1, -0.05) is 26.8 Å². The van der Waals surface area contributed by atoms with E-state index < -0.39 is 10.0 Å². The van der Waals surface area contributed by atoms with E-state index in [-0.39, 0.29) is 17.0 Å². The van der Waals surface area contributed by atoms with Crippen molar-refractivity contribution in [3.8, 4) is 0 Å². The first-order chi connectivity index (χ1) is 9.75. The highest BCUT2D eigenvalue weighted by Gasteiger charge is 2.34. The van der Waals surface area contributed by atoms with E-state index in [9.17, 15) is 8.42 Å². The molecule has 1 aliphatic rings. The van der Waals surface area contributed by atoms with Crippen LogP contribution < -0.4 is 0 Å². The Hall–Kier alpha value is -0.980. The fourth-order valence-corrected chi connectivity index (χ4v) is 4.13. The Bertz CT molecular complexity index is 568. The van der Waals surface area contributed by atoms with Crippen molar-refractivity contribution < 1.29 is 13.5 Å². The summed E-state index contributed by atoms with van der Waals surface area (Å²) in [6, 6.07) is 3.07. The van der Waals surface area contributed by atoms with Crippen LogP contribution in [0.5, 0.6) is 0 Å². The smallest absolute Gasteiger partial charge is 0.260 e. The first-order valence-electron chi connectivity index (χ1n) is 7.31. The van der Waals surface area contributed by atoms with Crippen molar-refractivity contribution in [2.24, 2.45) is 11.3 Å². The summed E-state index contributed by atoms with van der Waals surface area (Å²) in [5.41, 5.74) is 0.831. The van der Waals surface area contributed by atoms with E-state index >= 15 is 0 Å². The first kappa shape index (κ1) is 16.4. The summed E-state index contributed by atoms with van der Waals surface area (Å²) < 4.78 is 26.6. The standard InChI is InChI=1S/C15H24N2O3S/c1-15(2,3)13-6-8-17(9-7-13)21(19,20)14-5-4-12(11-18)10-16-14/h4-5,10,13,18H,6-9,11H2,1-3H3. The molecule has 2 rings (SSSR count). The van der Waals surface area contributed by atoms with E-state index in [1.165, 1.54) is 16.6 Å². The summed E-state index contributed by atoms with van der Waals surface area (Å²) in [6.07, 6.45) is 3.18. The van der Waals surface area contributed by atoms with Gasteiger partial charge in [-0.05, 0) is 35.8 Å². The van der Waals surface area contributed by atoms with Gasteiger partial charge >= 0.3 is 0 Å². The molecule has 0 bridgehead atoms. The highest BCUT2D eigenvalue weighted by Crippen LogP contribution is 2.35. The van der Waals surface area contributed by atoms with Gasteiger partial charge in [0.15, 0.2) is 5.03 Å². The van der Waals surface area contributed by atoms with Crippen LogP contribution >= 0.6 is 0 Å². The Morgan fingerprint density at radius 2 is 1.90 bits per heavy atom. The van der Waals surface area contributed by atoms with E-state index in [0.29, 0.717) is 24.6 Å². The monoisotopic (exact) mass is 312 g/mol. The van der Waals surface area contributed by atoms with Crippen molar-refractivity contribution in [3.05, 3.63) is 23.9 Å². The zero-order valence-electron chi connectivity index (χ0n) is 12.9. The van der Waals surface area contributed by atoms with Crippen molar-refractivity contribution in [3.63, 3.8) is 0 Å². The summed E-state index contributed by atoms with van der Waals surface area (Å²) in [7, 11) is -3.52. The third-order valence-corrected chi connectivity index (χ3v) is 6.08. The van der Waals surface area contributed by atoms with Crippen LogP contribution in [0.3, 0.4) is 0 Å². The van der Waals surface area contributed by atoms with Crippen LogP contribution in [0.2, 0.25) is 0 Å². The van der Waals surface area contributed by atoms with Crippen molar-refractivity contribution >= 4 is 10.0 Å². The minimum Gasteiger partial charge on any atom is -0.392 e. The highest BCUT2D eigenvalue weighted by atomic mass is 32.2. The number of pyridine rings is 1. The maximum absolute atomic E-state index is 12.5. The summed E-state index contributed by atoms with van der Waals surface area (Å²) >= 11 is 0. The van der Waals surface area contributed by atoms with Crippen LogP contribution in [-0.4, -0.2) is 35.9 Å². The lowest BCUT2D eigenvalue weighted by Crippen LogP contribution is -2.41. The lowest BCUT2D eigenvalue weighted by atomic mass is 9.76. The van der Waals surface area contributed by atoms with Crippen molar-refractivity contribution in [2.45, 2.75) is 45.2 Å². The summed E-state index contributed by atoms with van der Waals surface area (Å²) in [5.74, 6) is 0.550. The quantitative estimate of drug-likeness (QED) is 0.927. The van der Waals surface area contributed by atoms with E-state index in [1.54, 1.807) is 6.07 Å². The van der Waals surface area contributed by atoms with Gasteiger partial charge in [0.1, 0.15) is 0 Å². The fraction of sp³-hybridized carbons (Fsp3) is 0.667. The molecule has 0 amide bonds. The molecule has 118 valence electrons. The van der Waals surface area contributed by atoms with Gasteiger partial charge in [-0.15, -0.1) is 0 Å². The van der Waals surface area contributed by atoms with Crippen molar-refractivity contribution in [2.75, 3.05) is 13.1 Å². The van der Waals surface area contributed by atoms with Crippen LogP contribution in [0.15, 0.2) is 23.4 Å². The lowest BCUT2D eigenvalue weighted by molar-refractivity contribution is 0.154. The van der Waals surface area contributed by atoms with Gasteiger partial charge in [0.05, 0.1) is 6.61 Å². The average molecular weight is 312 g/mol. The molecule has 0 aliphatic carbocycles. The summed E-state index contributed by atoms with van der Waals surface area (Å²) in [5, 5.41) is 9.05. The van der Waals surface area contributed by atoms with Crippen molar-refractivity contribution in [1.82, 2.24) is 9.29 Å². The largest absolute Gasteiger partial charge is 0.392 e. The molecule has 1 saturated heterocycles. The molecule has 0 radical (unpaired) electrons. The van der Waals surface area contributed by atoms with E-state index in [1.807, 2.05) is 0 Å². The number of hydrogen-bond acceptors (Lipinski definition) is 4. The number of aromatic nitrogens is 1. The normalized spacial score (nSPS) is 18.9. The number of nitrogens with zero attached hydrogens (tertiary/aromatic N) is 2. The van der Waals surface area contributed by atoms with Gasteiger partial charge in [0, 0.05) is 19.3 Å². The molecule has 21 heavy (non-hydrogen) atoms. The van der Waals surface area contributed by atoms with Crippen LogP contribution in [0.4, 0.5) is 0 Å². The average Bonchev–Trinajstić information content (AvgIpc) is 2.46. The predicted molar refractivity (Wildman–Crippen MR) is 81.1 cm³/mol. The Morgan fingerprint density at radius 1 is 1.29 bits per heavy atom. The molecule has 6 heteroatoms. The van der Waals surface area contributed by atoms with Crippen LogP contribution in [0.25, 0.3) is 0 Å².